The number of aromatic nitrogens is 2. The highest BCUT2D eigenvalue weighted by Gasteiger charge is 2.26. The maximum absolute atomic E-state index is 12.2. The zero-order chi connectivity index (χ0) is 16.9. The highest BCUT2D eigenvalue weighted by atomic mass is 19.4. The minimum atomic E-state index is -4.23. The van der Waals surface area contributed by atoms with E-state index in [0.717, 1.165) is 0 Å². The molecule has 0 unspecified atom stereocenters. The Hall–Kier alpha value is -2.35. The van der Waals surface area contributed by atoms with Gasteiger partial charge >= 0.3 is 6.18 Å². The highest BCUT2D eigenvalue weighted by molar-refractivity contribution is 5.30. The van der Waals surface area contributed by atoms with Crippen molar-refractivity contribution in [3.05, 3.63) is 47.8 Å². The van der Waals surface area contributed by atoms with Crippen molar-refractivity contribution < 1.29 is 23.4 Å². The fraction of sp³-hybridized carbons (Fsp3) is 0.333. The van der Waals surface area contributed by atoms with Gasteiger partial charge in [0.25, 0.3) is 0 Å². The summed E-state index contributed by atoms with van der Waals surface area (Å²) in [6, 6.07) is 7.47. The summed E-state index contributed by atoms with van der Waals surface area (Å²) in [5.74, 6) is 0.247. The first kappa shape index (κ1) is 17.0. The van der Waals surface area contributed by atoms with E-state index < -0.39 is 18.7 Å². The molecule has 124 valence electrons. The Bertz CT molecular complexity index is 633. The van der Waals surface area contributed by atoms with Gasteiger partial charge in [-0.25, -0.2) is 9.97 Å². The molecule has 0 radical (unpaired) electrons. The van der Waals surface area contributed by atoms with Crippen molar-refractivity contribution in [2.75, 3.05) is 11.9 Å². The van der Waals surface area contributed by atoms with Gasteiger partial charge in [-0.1, -0.05) is 12.1 Å². The van der Waals surface area contributed by atoms with Crippen LogP contribution in [-0.2, 0) is 6.42 Å². The molecule has 0 aliphatic carbocycles. The number of alkyl halides is 3. The van der Waals surface area contributed by atoms with Crippen LogP contribution in [0.2, 0.25) is 0 Å². The number of nitrogens with zero attached hydrogens (tertiary/aromatic N) is 2. The van der Waals surface area contributed by atoms with Crippen LogP contribution < -0.4 is 5.32 Å². The normalized spacial score (nSPS) is 12.9. The molecule has 23 heavy (non-hydrogen) atoms. The zero-order valence-electron chi connectivity index (χ0n) is 12.1. The highest BCUT2D eigenvalue weighted by Crippen LogP contribution is 2.22. The van der Waals surface area contributed by atoms with Crippen LogP contribution in [0.15, 0.2) is 36.5 Å². The second-order valence-corrected chi connectivity index (χ2v) is 4.97. The van der Waals surface area contributed by atoms with E-state index in [1.807, 2.05) is 0 Å². The van der Waals surface area contributed by atoms with Crippen LogP contribution in [0, 0.1) is 0 Å². The summed E-state index contributed by atoms with van der Waals surface area (Å²) in [5.41, 5.74) is 0.863. The van der Waals surface area contributed by atoms with E-state index >= 15 is 0 Å². The first-order valence-corrected chi connectivity index (χ1v) is 6.93. The number of aliphatic hydroxyl groups is 1. The second-order valence-electron chi connectivity index (χ2n) is 4.97. The van der Waals surface area contributed by atoms with Crippen LogP contribution in [0.1, 0.15) is 23.8 Å². The number of benzene rings is 1. The van der Waals surface area contributed by atoms with Crippen LogP contribution >= 0.6 is 0 Å². The van der Waals surface area contributed by atoms with Crippen molar-refractivity contribution in [2.24, 2.45) is 0 Å². The molecule has 1 atom stereocenters. The summed E-state index contributed by atoms with van der Waals surface area (Å²) in [7, 11) is 0. The predicted molar refractivity (Wildman–Crippen MR) is 78.0 cm³/mol. The number of hydrogen-bond donors (Lipinski definition) is 3. The minimum Gasteiger partial charge on any atom is -0.508 e. The third-order valence-corrected chi connectivity index (χ3v) is 3.11. The summed E-state index contributed by atoms with van der Waals surface area (Å²) in [5, 5.41) is 22.0. The maximum Gasteiger partial charge on any atom is 0.389 e. The standard InChI is InChI=1S/C15H16F3N3O2/c16-15(17,18)7-5-11-6-8-19-14(21-11)20-9-13(23)10-1-3-12(22)4-2-10/h1-4,6,8,13,22-23H,5,7,9H2,(H,19,20,21)/t13-/m0/s1. The Labute approximate surface area is 130 Å². The topological polar surface area (TPSA) is 78.3 Å². The van der Waals surface area contributed by atoms with Gasteiger partial charge in [0.1, 0.15) is 5.75 Å². The number of aromatic hydroxyl groups is 1. The smallest absolute Gasteiger partial charge is 0.389 e. The Kier molecular flexibility index (Phi) is 5.38. The molecule has 0 aliphatic rings. The first-order chi connectivity index (χ1) is 10.8. The quantitative estimate of drug-likeness (QED) is 0.760. The molecule has 0 saturated carbocycles. The van der Waals surface area contributed by atoms with Crippen LogP contribution in [-0.4, -0.2) is 32.9 Å². The lowest BCUT2D eigenvalue weighted by molar-refractivity contribution is -0.134. The summed E-state index contributed by atoms with van der Waals surface area (Å²) < 4.78 is 36.6. The van der Waals surface area contributed by atoms with Crippen molar-refractivity contribution >= 4 is 5.95 Å². The minimum absolute atomic E-state index is 0.0908. The summed E-state index contributed by atoms with van der Waals surface area (Å²) in [6.45, 7) is 0.0908. The number of anilines is 1. The van der Waals surface area contributed by atoms with Crippen LogP contribution in [0.4, 0.5) is 19.1 Å². The van der Waals surface area contributed by atoms with Crippen LogP contribution in [0.3, 0.4) is 0 Å². The Balaban J connectivity index is 1.91. The van der Waals surface area contributed by atoms with Gasteiger partial charge in [-0.15, -0.1) is 0 Å². The largest absolute Gasteiger partial charge is 0.508 e. The van der Waals surface area contributed by atoms with Crippen molar-refractivity contribution in [3.63, 3.8) is 0 Å². The van der Waals surface area contributed by atoms with Crippen LogP contribution in [0.25, 0.3) is 0 Å². The van der Waals surface area contributed by atoms with Crippen LogP contribution in [0.5, 0.6) is 5.75 Å². The molecule has 3 N–H and O–H groups in total. The molecule has 0 spiro atoms. The molecular formula is C15H16F3N3O2. The molecule has 0 fully saturated rings. The number of rotatable bonds is 6. The molecule has 0 bridgehead atoms. The van der Waals surface area contributed by atoms with Crippen molar-refractivity contribution in [3.8, 4) is 5.75 Å². The van der Waals surface area contributed by atoms with Gasteiger partial charge in [0, 0.05) is 24.9 Å². The number of hydrogen-bond acceptors (Lipinski definition) is 5. The molecule has 1 aromatic heterocycles. The van der Waals surface area contributed by atoms with E-state index in [2.05, 4.69) is 15.3 Å². The number of phenols is 1. The van der Waals surface area contributed by atoms with Gasteiger partial charge in [-0.3, -0.25) is 0 Å². The number of nitrogens with one attached hydrogen (secondary N) is 1. The molecule has 1 aromatic carbocycles. The number of phenolic OH excluding ortho intramolecular Hbond substituents is 1. The second kappa shape index (κ2) is 7.28. The third kappa shape index (κ3) is 5.74. The van der Waals surface area contributed by atoms with E-state index in [-0.39, 0.29) is 30.4 Å². The number of aliphatic hydroxyl groups excluding tert-OH is 1. The fourth-order valence-corrected chi connectivity index (χ4v) is 1.89. The van der Waals surface area contributed by atoms with E-state index in [1.165, 1.54) is 24.4 Å². The van der Waals surface area contributed by atoms with E-state index in [4.69, 9.17) is 0 Å². The van der Waals surface area contributed by atoms with Gasteiger partial charge < -0.3 is 15.5 Å². The molecule has 8 heteroatoms. The Morgan fingerprint density at radius 1 is 1.13 bits per heavy atom. The Morgan fingerprint density at radius 2 is 1.83 bits per heavy atom. The Morgan fingerprint density at radius 3 is 2.48 bits per heavy atom. The van der Waals surface area contributed by atoms with Gasteiger partial charge in [0.2, 0.25) is 5.95 Å². The SMILES string of the molecule is Oc1ccc([C@@H](O)CNc2nccc(CCC(F)(F)F)n2)cc1. The average Bonchev–Trinajstić information content (AvgIpc) is 2.51. The molecule has 1 heterocycles. The van der Waals surface area contributed by atoms with E-state index in [1.54, 1.807) is 12.1 Å². The van der Waals surface area contributed by atoms with Crippen molar-refractivity contribution in [1.29, 1.82) is 0 Å². The molecule has 0 amide bonds. The third-order valence-electron chi connectivity index (χ3n) is 3.11. The van der Waals surface area contributed by atoms with E-state index in [9.17, 15) is 23.4 Å². The molecule has 5 nitrogen and oxygen atoms in total. The van der Waals surface area contributed by atoms with Gasteiger partial charge in [-0.2, -0.15) is 13.2 Å². The summed E-state index contributed by atoms with van der Waals surface area (Å²) >= 11 is 0. The zero-order valence-corrected chi connectivity index (χ0v) is 12.1. The summed E-state index contributed by atoms with van der Waals surface area (Å²) in [6.07, 6.45) is -4.89. The lowest BCUT2D eigenvalue weighted by atomic mass is 10.1. The van der Waals surface area contributed by atoms with Crippen molar-refractivity contribution in [2.45, 2.75) is 25.1 Å². The lowest BCUT2D eigenvalue weighted by Gasteiger charge is -2.13. The van der Waals surface area contributed by atoms with Gasteiger partial charge in [0.05, 0.1) is 6.10 Å². The predicted octanol–water partition coefficient (Wildman–Crippen LogP) is 2.82. The summed E-state index contributed by atoms with van der Waals surface area (Å²) in [4.78, 5) is 7.89. The molecular weight excluding hydrogens is 311 g/mol. The van der Waals surface area contributed by atoms with Crippen molar-refractivity contribution in [1.82, 2.24) is 9.97 Å². The average molecular weight is 327 g/mol. The lowest BCUT2D eigenvalue weighted by Crippen LogP contribution is -2.15. The van der Waals surface area contributed by atoms with Gasteiger partial charge in [-0.05, 0) is 30.2 Å². The first-order valence-electron chi connectivity index (χ1n) is 6.93. The number of halogens is 3. The fourth-order valence-electron chi connectivity index (χ4n) is 1.89. The monoisotopic (exact) mass is 327 g/mol. The molecule has 0 saturated heterocycles. The van der Waals surface area contributed by atoms with E-state index in [0.29, 0.717) is 5.56 Å². The number of aryl methyl sites for hydroxylation is 1. The van der Waals surface area contributed by atoms with Gasteiger partial charge in [0.15, 0.2) is 0 Å². The maximum atomic E-state index is 12.2. The molecule has 2 rings (SSSR count). The molecule has 0 aliphatic heterocycles. The molecule has 2 aromatic rings.